The summed E-state index contributed by atoms with van der Waals surface area (Å²) in [6.07, 6.45) is -4.52. The Labute approximate surface area is 115 Å². The molecule has 10 heteroatoms. The zero-order valence-electron chi connectivity index (χ0n) is 9.94. The van der Waals surface area contributed by atoms with E-state index < -0.39 is 17.6 Å². The first-order valence-electron chi connectivity index (χ1n) is 5.19. The summed E-state index contributed by atoms with van der Waals surface area (Å²) in [5, 5.41) is 12.3. The number of aromatic nitrogens is 4. The second-order valence-corrected chi connectivity index (χ2v) is 4.18. The normalized spacial score (nSPS) is 11.4. The monoisotopic (exact) mass is 305 g/mol. The Bertz CT molecular complexity index is 655. The van der Waals surface area contributed by atoms with Gasteiger partial charge in [0.2, 0.25) is 5.95 Å². The molecule has 0 aliphatic heterocycles. The highest BCUT2D eigenvalue weighted by Crippen LogP contribution is 2.32. The second-order valence-electron chi connectivity index (χ2n) is 3.77. The van der Waals surface area contributed by atoms with Gasteiger partial charge in [0.05, 0.1) is 16.1 Å². The van der Waals surface area contributed by atoms with E-state index in [4.69, 9.17) is 11.6 Å². The SMILES string of the molecule is Cn1nnnc1NC(=O)c1ccc(C(F)(F)F)cc1Cl. The number of alkyl halides is 3. The standard InChI is InChI=1S/C10H7ClF3N5O/c1-19-9(16-17-18-19)15-8(20)6-3-2-5(4-7(6)11)10(12,13)14/h2-4H,1H3,(H,15,16,18,20). The minimum absolute atomic E-state index is 0.0472. The Morgan fingerprint density at radius 3 is 2.60 bits per heavy atom. The van der Waals surface area contributed by atoms with Crippen LogP contribution in [0.5, 0.6) is 0 Å². The van der Waals surface area contributed by atoms with E-state index in [0.717, 1.165) is 12.1 Å². The smallest absolute Gasteiger partial charge is 0.289 e. The first kappa shape index (κ1) is 14.3. The molecule has 0 bridgehead atoms. The molecule has 6 nitrogen and oxygen atoms in total. The van der Waals surface area contributed by atoms with Gasteiger partial charge < -0.3 is 0 Å². The number of halogens is 4. The summed E-state index contributed by atoms with van der Waals surface area (Å²) in [7, 11) is 1.49. The number of rotatable bonds is 2. The van der Waals surface area contributed by atoms with Crippen molar-refractivity contribution in [2.24, 2.45) is 7.05 Å². The Kier molecular flexibility index (Phi) is 3.62. The summed E-state index contributed by atoms with van der Waals surface area (Å²) < 4.78 is 38.6. The van der Waals surface area contributed by atoms with Crippen molar-refractivity contribution in [2.45, 2.75) is 6.18 Å². The molecule has 0 saturated heterocycles. The molecule has 106 valence electrons. The molecule has 1 heterocycles. The number of nitrogens with zero attached hydrogens (tertiary/aromatic N) is 4. The average Bonchev–Trinajstić information content (AvgIpc) is 2.73. The molecular weight excluding hydrogens is 299 g/mol. The lowest BCUT2D eigenvalue weighted by Gasteiger charge is -2.09. The van der Waals surface area contributed by atoms with Crippen LogP contribution in [0.15, 0.2) is 18.2 Å². The van der Waals surface area contributed by atoms with Gasteiger partial charge in [0, 0.05) is 7.05 Å². The van der Waals surface area contributed by atoms with Gasteiger partial charge in [0.1, 0.15) is 0 Å². The van der Waals surface area contributed by atoms with E-state index in [1.807, 2.05) is 0 Å². The fourth-order valence-electron chi connectivity index (χ4n) is 1.38. The molecular formula is C10H7ClF3N5O. The van der Waals surface area contributed by atoms with Gasteiger partial charge in [-0.25, -0.2) is 4.68 Å². The summed E-state index contributed by atoms with van der Waals surface area (Å²) >= 11 is 5.69. The van der Waals surface area contributed by atoms with Crippen LogP contribution in [0.2, 0.25) is 5.02 Å². The number of hydrogen-bond donors (Lipinski definition) is 1. The molecule has 0 atom stereocenters. The van der Waals surface area contributed by atoms with E-state index in [9.17, 15) is 18.0 Å². The van der Waals surface area contributed by atoms with E-state index in [1.165, 1.54) is 11.7 Å². The van der Waals surface area contributed by atoms with Crippen LogP contribution in [0.25, 0.3) is 0 Å². The quantitative estimate of drug-likeness (QED) is 0.922. The van der Waals surface area contributed by atoms with Crippen LogP contribution < -0.4 is 5.32 Å². The number of hydrogen-bond acceptors (Lipinski definition) is 4. The number of carbonyl (C=O) groups excluding carboxylic acids is 1. The van der Waals surface area contributed by atoms with Crippen LogP contribution in [-0.2, 0) is 13.2 Å². The van der Waals surface area contributed by atoms with E-state index in [2.05, 4.69) is 20.8 Å². The zero-order valence-corrected chi connectivity index (χ0v) is 10.7. The number of carbonyl (C=O) groups is 1. The van der Waals surface area contributed by atoms with Gasteiger partial charge in [-0.1, -0.05) is 16.7 Å². The summed E-state index contributed by atoms with van der Waals surface area (Å²) in [5.41, 5.74) is -1.04. The lowest BCUT2D eigenvalue weighted by molar-refractivity contribution is -0.137. The van der Waals surface area contributed by atoms with Gasteiger partial charge in [-0.2, -0.15) is 13.2 Å². The number of benzene rings is 1. The van der Waals surface area contributed by atoms with Crippen LogP contribution in [0, 0.1) is 0 Å². The van der Waals surface area contributed by atoms with Crippen molar-refractivity contribution < 1.29 is 18.0 Å². The fourth-order valence-corrected chi connectivity index (χ4v) is 1.65. The minimum atomic E-state index is -4.52. The van der Waals surface area contributed by atoms with Gasteiger partial charge in [-0.05, 0) is 28.6 Å². The summed E-state index contributed by atoms with van der Waals surface area (Å²) in [6, 6.07) is 2.45. The average molecular weight is 306 g/mol. The molecule has 0 unspecified atom stereocenters. The zero-order chi connectivity index (χ0) is 14.9. The lowest BCUT2D eigenvalue weighted by atomic mass is 10.1. The van der Waals surface area contributed by atoms with Crippen molar-refractivity contribution in [3.63, 3.8) is 0 Å². The van der Waals surface area contributed by atoms with Crippen molar-refractivity contribution in [1.29, 1.82) is 0 Å². The largest absolute Gasteiger partial charge is 0.416 e. The number of nitrogens with one attached hydrogen (secondary N) is 1. The van der Waals surface area contributed by atoms with Gasteiger partial charge in [-0.15, -0.1) is 0 Å². The van der Waals surface area contributed by atoms with Crippen molar-refractivity contribution in [1.82, 2.24) is 20.2 Å². The van der Waals surface area contributed by atoms with Gasteiger partial charge >= 0.3 is 6.18 Å². The maximum absolute atomic E-state index is 12.5. The van der Waals surface area contributed by atoms with Gasteiger partial charge in [-0.3, -0.25) is 10.1 Å². The minimum Gasteiger partial charge on any atom is -0.289 e. The third-order valence-corrected chi connectivity index (χ3v) is 2.70. The Balaban J connectivity index is 2.25. The first-order chi connectivity index (χ1) is 9.29. The highest BCUT2D eigenvalue weighted by molar-refractivity contribution is 6.34. The molecule has 0 aliphatic carbocycles. The molecule has 0 spiro atoms. The van der Waals surface area contributed by atoms with Crippen LogP contribution in [0.1, 0.15) is 15.9 Å². The predicted octanol–water partition coefficient (Wildman–Crippen LogP) is 2.13. The summed E-state index contributed by atoms with van der Waals surface area (Å²) in [4.78, 5) is 11.9. The molecule has 1 aromatic carbocycles. The fraction of sp³-hybridized carbons (Fsp3) is 0.200. The topological polar surface area (TPSA) is 72.7 Å². The third kappa shape index (κ3) is 2.87. The third-order valence-electron chi connectivity index (χ3n) is 2.39. The molecule has 2 aromatic rings. The van der Waals surface area contributed by atoms with Crippen LogP contribution in [-0.4, -0.2) is 26.1 Å². The van der Waals surface area contributed by atoms with E-state index in [0.29, 0.717) is 6.07 Å². The molecule has 1 aromatic heterocycles. The Morgan fingerprint density at radius 1 is 1.40 bits per heavy atom. The van der Waals surface area contributed by atoms with Gasteiger partial charge in [0.25, 0.3) is 5.91 Å². The molecule has 1 N–H and O–H groups in total. The Morgan fingerprint density at radius 2 is 2.10 bits per heavy atom. The highest BCUT2D eigenvalue weighted by atomic mass is 35.5. The summed E-state index contributed by atoms with van der Waals surface area (Å²) in [6.45, 7) is 0. The molecule has 1 amide bonds. The van der Waals surface area contributed by atoms with E-state index in [-0.39, 0.29) is 16.5 Å². The van der Waals surface area contributed by atoms with E-state index >= 15 is 0 Å². The van der Waals surface area contributed by atoms with Crippen molar-refractivity contribution >= 4 is 23.5 Å². The predicted molar refractivity (Wildman–Crippen MR) is 63.2 cm³/mol. The first-order valence-corrected chi connectivity index (χ1v) is 5.57. The number of anilines is 1. The molecule has 0 saturated carbocycles. The highest BCUT2D eigenvalue weighted by Gasteiger charge is 2.31. The lowest BCUT2D eigenvalue weighted by Crippen LogP contribution is -2.16. The van der Waals surface area contributed by atoms with Crippen molar-refractivity contribution in [2.75, 3.05) is 5.32 Å². The molecule has 0 radical (unpaired) electrons. The molecule has 0 aliphatic rings. The van der Waals surface area contributed by atoms with Gasteiger partial charge in [0.15, 0.2) is 0 Å². The van der Waals surface area contributed by atoms with Crippen LogP contribution >= 0.6 is 11.6 Å². The molecule has 2 rings (SSSR count). The number of tetrazole rings is 1. The van der Waals surface area contributed by atoms with Crippen molar-refractivity contribution in [3.05, 3.63) is 34.3 Å². The second kappa shape index (κ2) is 5.08. The van der Waals surface area contributed by atoms with Crippen LogP contribution in [0.3, 0.4) is 0 Å². The number of aryl methyl sites for hydroxylation is 1. The molecule has 0 fully saturated rings. The van der Waals surface area contributed by atoms with E-state index in [1.54, 1.807) is 0 Å². The molecule has 20 heavy (non-hydrogen) atoms. The van der Waals surface area contributed by atoms with Crippen LogP contribution in [0.4, 0.5) is 19.1 Å². The summed E-state index contributed by atoms with van der Waals surface area (Å²) in [5.74, 6) is -0.660. The number of amides is 1. The maximum atomic E-state index is 12.5. The van der Waals surface area contributed by atoms with Crippen molar-refractivity contribution in [3.8, 4) is 0 Å². The maximum Gasteiger partial charge on any atom is 0.416 e. The Hall–Kier alpha value is -2.16.